The molecule has 0 spiro atoms. The van der Waals surface area contributed by atoms with E-state index >= 15 is 0 Å². The Bertz CT molecular complexity index is 1010. The standard InChI is InChI=1S/C33H61NO18/c1-3-5-7-9-11-21(39)34-16(17(38)10-8-6-4-2)15-47-31-27(45)24(42)29(19(13-36)49-31)52-33-28(46)25(43)30(20(14-37)50-33)51-32-26(44)23(41)22(40)18(12-35)48-32/h16-20,22-33,35-38,40-46H,3-15H2,1-2H3,(H,34,39). The molecule has 1 amide bonds. The van der Waals surface area contributed by atoms with Crippen LogP contribution < -0.4 is 5.32 Å². The number of amides is 1. The fourth-order valence-corrected chi connectivity index (χ4v) is 6.42. The van der Waals surface area contributed by atoms with Crippen molar-refractivity contribution < 1.29 is 89.4 Å². The minimum Gasteiger partial charge on any atom is -0.394 e. The van der Waals surface area contributed by atoms with Crippen LogP contribution in [0.2, 0.25) is 0 Å². The summed E-state index contributed by atoms with van der Waals surface area (Å²) in [6.07, 6.45) is -19.7. The van der Waals surface area contributed by atoms with Gasteiger partial charge in [0.2, 0.25) is 5.91 Å². The van der Waals surface area contributed by atoms with Crippen LogP contribution in [0.4, 0.5) is 0 Å². The third-order valence-electron chi connectivity index (χ3n) is 9.68. The Morgan fingerprint density at radius 3 is 1.63 bits per heavy atom. The number of unbranched alkanes of at least 4 members (excludes halogenated alkanes) is 5. The van der Waals surface area contributed by atoms with Gasteiger partial charge in [0.1, 0.15) is 73.2 Å². The molecule has 17 atom stereocenters. The Kier molecular flexibility index (Phi) is 19.4. The zero-order valence-corrected chi connectivity index (χ0v) is 29.8. The van der Waals surface area contributed by atoms with Crippen molar-refractivity contribution in [2.75, 3.05) is 26.4 Å². The van der Waals surface area contributed by atoms with Gasteiger partial charge in [0, 0.05) is 6.42 Å². The molecule has 3 aliphatic heterocycles. The summed E-state index contributed by atoms with van der Waals surface area (Å²) in [7, 11) is 0. The molecule has 0 aromatic carbocycles. The molecule has 3 saturated heterocycles. The van der Waals surface area contributed by atoms with Crippen LogP contribution in [-0.4, -0.2) is 193 Å². The van der Waals surface area contributed by atoms with E-state index in [1.807, 2.05) is 6.92 Å². The Morgan fingerprint density at radius 1 is 0.615 bits per heavy atom. The smallest absolute Gasteiger partial charge is 0.220 e. The molecular formula is C33H61NO18. The highest BCUT2D eigenvalue weighted by atomic mass is 16.8. The predicted molar refractivity (Wildman–Crippen MR) is 176 cm³/mol. The molecule has 17 unspecified atom stereocenters. The fourth-order valence-electron chi connectivity index (χ4n) is 6.42. The highest BCUT2D eigenvalue weighted by molar-refractivity contribution is 5.76. The average Bonchev–Trinajstić information content (AvgIpc) is 3.13. The zero-order chi connectivity index (χ0) is 38.5. The van der Waals surface area contributed by atoms with Crippen LogP contribution in [0.15, 0.2) is 0 Å². The Balaban J connectivity index is 1.65. The normalized spacial score (nSPS) is 39.6. The predicted octanol–water partition coefficient (Wildman–Crippen LogP) is -4.15. The van der Waals surface area contributed by atoms with Crippen LogP contribution >= 0.6 is 0 Å². The highest BCUT2D eigenvalue weighted by Gasteiger charge is 2.53. The summed E-state index contributed by atoms with van der Waals surface area (Å²) in [6, 6.07) is -0.870. The summed E-state index contributed by atoms with van der Waals surface area (Å²) in [5.41, 5.74) is 0. The number of hydrogen-bond donors (Lipinski definition) is 12. The van der Waals surface area contributed by atoms with Crippen LogP contribution in [-0.2, 0) is 33.2 Å². The van der Waals surface area contributed by atoms with E-state index in [-0.39, 0.29) is 18.9 Å². The van der Waals surface area contributed by atoms with Crippen molar-refractivity contribution in [2.45, 2.75) is 176 Å². The van der Waals surface area contributed by atoms with Gasteiger partial charge >= 0.3 is 0 Å². The van der Waals surface area contributed by atoms with E-state index in [9.17, 15) is 61.0 Å². The Hall–Kier alpha value is -1.21. The van der Waals surface area contributed by atoms with Gasteiger partial charge in [0.25, 0.3) is 0 Å². The molecular weight excluding hydrogens is 698 g/mol. The minimum absolute atomic E-state index is 0.257. The van der Waals surface area contributed by atoms with Crippen molar-refractivity contribution in [3.8, 4) is 0 Å². The molecule has 0 aromatic rings. The van der Waals surface area contributed by atoms with Gasteiger partial charge in [-0.1, -0.05) is 52.4 Å². The lowest BCUT2D eigenvalue weighted by molar-refractivity contribution is -0.379. The molecule has 52 heavy (non-hydrogen) atoms. The summed E-state index contributed by atoms with van der Waals surface area (Å²) < 4.78 is 33.6. The molecule has 3 rings (SSSR count). The SMILES string of the molecule is CCCCCCC(=O)NC(COC1OC(CO)C(OC2OC(CO)C(OC3OC(CO)C(O)C(O)C3O)C(O)C2O)C(O)C1O)C(O)CCCCC. The number of carbonyl (C=O) groups is 1. The maximum atomic E-state index is 12.7. The second kappa shape index (κ2) is 22.4. The molecule has 3 fully saturated rings. The molecule has 0 bridgehead atoms. The van der Waals surface area contributed by atoms with Gasteiger partial charge in [-0.05, 0) is 12.8 Å². The number of aliphatic hydroxyl groups is 11. The first-order valence-corrected chi connectivity index (χ1v) is 18.3. The summed E-state index contributed by atoms with van der Waals surface area (Å²) >= 11 is 0. The summed E-state index contributed by atoms with van der Waals surface area (Å²) in [6.45, 7) is 1.37. The van der Waals surface area contributed by atoms with Gasteiger partial charge in [0.05, 0.1) is 38.6 Å². The maximum absolute atomic E-state index is 12.7. The number of nitrogens with one attached hydrogen (secondary N) is 1. The van der Waals surface area contributed by atoms with Crippen molar-refractivity contribution in [1.82, 2.24) is 5.32 Å². The van der Waals surface area contributed by atoms with Gasteiger partial charge in [0.15, 0.2) is 18.9 Å². The van der Waals surface area contributed by atoms with Gasteiger partial charge in [-0.3, -0.25) is 4.79 Å². The maximum Gasteiger partial charge on any atom is 0.220 e. The van der Waals surface area contributed by atoms with Crippen LogP contribution in [0.3, 0.4) is 0 Å². The first-order valence-electron chi connectivity index (χ1n) is 18.3. The number of carbonyl (C=O) groups excluding carboxylic acids is 1. The van der Waals surface area contributed by atoms with E-state index in [2.05, 4.69) is 12.2 Å². The highest BCUT2D eigenvalue weighted by Crippen LogP contribution is 2.32. The molecule has 0 saturated carbocycles. The van der Waals surface area contributed by atoms with E-state index in [4.69, 9.17) is 28.4 Å². The topological polar surface area (TPSA) is 307 Å². The van der Waals surface area contributed by atoms with Gasteiger partial charge in [-0.15, -0.1) is 0 Å². The minimum atomic E-state index is -1.96. The second-order valence-corrected chi connectivity index (χ2v) is 13.7. The Labute approximate surface area is 303 Å². The fraction of sp³-hybridized carbons (Fsp3) is 0.970. The monoisotopic (exact) mass is 759 g/mol. The molecule has 3 aliphatic rings. The van der Waals surface area contributed by atoms with Gasteiger partial charge in [-0.25, -0.2) is 0 Å². The van der Waals surface area contributed by atoms with E-state index in [0.29, 0.717) is 19.3 Å². The molecule has 3 heterocycles. The van der Waals surface area contributed by atoms with Crippen LogP contribution in [0.5, 0.6) is 0 Å². The molecule has 0 radical (unpaired) electrons. The first kappa shape index (κ1) is 45.2. The lowest BCUT2D eigenvalue weighted by Crippen LogP contribution is -2.66. The summed E-state index contributed by atoms with van der Waals surface area (Å²) in [5, 5.41) is 118. The lowest BCUT2D eigenvalue weighted by Gasteiger charge is -2.48. The zero-order valence-electron chi connectivity index (χ0n) is 29.8. The third-order valence-corrected chi connectivity index (χ3v) is 9.68. The van der Waals surface area contributed by atoms with Crippen molar-refractivity contribution in [3.63, 3.8) is 0 Å². The lowest BCUT2D eigenvalue weighted by atomic mass is 9.96. The first-order chi connectivity index (χ1) is 24.8. The second-order valence-electron chi connectivity index (χ2n) is 13.7. The molecule has 0 aromatic heterocycles. The largest absolute Gasteiger partial charge is 0.394 e. The number of rotatable bonds is 21. The van der Waals surface area contributed by atoms with E-state index in [1.54, 1.807) is 0 Å². The number of aliphatic hydroxyl groups excluding tert-OH is 11. The summed E-state index contributed by atoms with van der Waals surface area (Å²) in [4.78, 5) is 12.7. The van der Waals surface area contributed by atoms with Crippen molar-refractivity contribution in [2.24, 2.45) is 0 Å². The number of hydrogen-bond acceptors (Lipinski definition) is 18. The van der Waals surface area contributed by atoms with E-state index < -0.39 is 124 Å². The van der Waals surface area contributed by atoms with Crippen LogP contribution in [0.25, 0.3) is 0 Å². The van der Waals surface area contributed by atoms with Crippen molar-refractivity contribution >= 4 is 5.91 Å². The molecule has 12 N–H and O–H groups in total. The van der Waals surface area contributed by atoms with Crippen molar-refractivity contribution in [1.29, 1.82) is 0 Å². The quantitative estimate of drug-likeness (QED) is 0.0494. The van der Waals surface area contributed by atoms with Crippen LogP contribution in [0, 0.1) is 0 Å². The van der Waals surface area contributed by atoms with Crippen LogP contribution in [0.1, 0.15) is 71.6 Å². The van der Waals surface area contributed by atoms with Gasteiger partial charge in [-0.2, -0.15) is 0 Å². The van der Waals surface area contributed by atoms with Crippen molar-refractivity contribution in [3.05, 3.63) is 0 Å². The van der Waals surface area contributed by atoms with Gasteiger partial charge < -0.3 is 89.9 Å². The third kappa shape index (κ3) is 11.9. The molecule has 19 nitrogen and oxygen atoms in total. The Morgan fingerprint density at radius 2 is 1.10 bits per heavy atom. The molecule has 306 valence electrons. The van der Waals surface area contributed by atoms with E-state index in [0.717, 1.165) is 32.1 Å². The number of ether oxygens (including phenoxy) is 6. The van der Waals surface area contributed by atoms with E-state index in [1.165, 1.54) is 0 Å². The molecule has 19 heteroatoms. The average molecular weight is 760 g/mol. The molecule has 0 aliphatic carbocycles. The summed E-state index contributed by atoms with van der Waals surface area (Å²) in [5.74, 6) is -0.277.